The van der Waals surface area contributed by atoms with E-state index in [0.717, 1.165) is 23.8 Å². The molecule has 94 valence electrons. The van der Waals surface area contributed by atoms with Crippen molar-refractivity contribution in [2.75, 3.05) is 11.5 Å². The highest BCUT2D eigenvalue weighted by Gasteiger charge is 2.15. The lowest BCUT2D eigenvalue weighted by Gasteiger charge is -2.08. The van der Waals surface area contributed by atoms with Gasteiger partial charge in [0.15, 0.2) is 5.82 Å². The SMILES string of the molecule is c1cc(-c2n[nH]c(CN[C@H]3CCSC3)n2)ccn1. The molecule has 0 radical (unpaired) electrons. The largest absolute Gasteiger partial charge is 0.306 e. The number of nitrogens with one attached hydrogen (secondary N) is 2. The Bertz CT molecular complexity index is 492. The number of aromatic amines is 1. The highest BCUT2D eigenvalue weighted by molar-refractivity contribution is 7.99. The highest BCUT2D eigenvalue weighted by atomic mass is 32.2. The summed E-state index contributed by atoms with van der Waals surface area (Å²) in [4.78, 5) is 8.46. The zero-order chi connectivity index (χ0) is 12.2. The molecular formula is C12H15N5S. The van der Waals surface area contributed by atoms with Gasteiger partial charge in [0.2, 0.25) is 0 Å². The molecule has 18 heavy (non-hydrogen) atoms. The second kappa shape index (κ2) is 5.49. The molecule has 5 nitrogen and oxygen atoms in total. The Balaban J connectivity index is 1.63. The van der Waals surface area contributed by atoms with E-state index < -0.39 is 0 Å². The van der Waals surface area contributed by atoms with Gasteiger partial charge in [0.1, 0.15) is 5.82 Å². The van der Waals surface area contributed by atoms with Gasteiger partial charge in [0.25, 0.3) is 0 Å². The van der Waals surface area contributed by atoms with Crippen LogP contribution >= 0.6 is 11.8 Å². The van der Waals surface area contributed by atoms with Gasteiger partial charge in [-0.15, -0.1) is 0 Å². The monoisotopic (exact) mass is 261 g/mol. The standard InChI is InChI=1S/C12H15N5S/c1-4-13-5-2-9(1)12-15-11(16-17-12)7-14-10-3-6-18-8-10/h1-2,4-5,10,14H,3,6-8H2,(H,15,16,17)/t10-/m0/s1. The van der Waals surface area contributed by atoms with Gasteiger partial charge in [-0.2, -0.15) is 16.9 Å². The molecule has 0 aliphatic carbocycles. The van der Waals surface area contributed by atoms with Gasteiger partial charge in [-0.25, -0.2) is 4.98 Å². The summed E-state index contributed by atoms with van der Waals surface area (Å²) >= 11 is 2.00. The fourth-order valence-corrected chi connectivity index (χ4v) is 3.13. The van der Waals surface area contributed by atoms with Crippen LogP contribution in [0.15, 0.2) is 24.5 Å². The fraction of sp³-hybridized carbons (Fsp3) is 0.417. The van der Waals surface area contributed by atoms with E-state index in [9.17, 15) is 0 Å². The maximum absolute atomic E-state index is 4.48. The van der Waals surface area contributed by atoms with E-state index in [2.05, 4.69) is 25.5 Å². The summed E-state index contributed by atoms with van der Waals surface area (Å²) in [6.45, 7) is 0.753. The van der Waals surface area contributed by atoms with E-state index in [1.165, 1.54) is 17.9 Å². The van der Waals surface area contributed by atoms with Crippen LogP contribution in [0, 0.1) is 0 Å². The number of aromatic nitrogens is 4. The van der Waals surface area contributed by atoms with Gasteiger partial charge in [-0.3, -0.25) is 10.1 Å². The summed E-state index contributed by atoms with van der Waals surface area (Å²) in [7, 11) is 0. The first-order chi connectivity index (χ1) is 8.92. The van der Waals surface area contributed by atoms with Crippen LogP contribution in [0.5, 0.6) is 0 Å². The van der Waals surface area contributed by atoms with Crippen molar-refractivity contribution in [3.8, 4) is 11.4 Å². The Kier molecular flexibility index (Phi) is 3.56. The average molecular weight is 261 g/mol. The molecule has 0 saturated carbocycles. The molecule has 1 atom stereocenters. The van der Waals surface area contributed by atoms with Gasteiger partial charge in [-0.1, -0.05) is 0 Å². The Labute approximate surface area is 110 Å². The fourth-order valence-electron chi connectivity index (χ4n) is 1.94. The van der Waals surface area contributed by atoms with Crippen molar-refractivity contribution in [1.82, 2.24) is 25.5 Å². The van der Waals surface area contributed by atoms with E-state index in [1.807, 2.05) is 23.9 Å². The molecule has 2 aromatic heterocycles. The molecule has 0 unspecified atom stereocenters. The first-order valence-electron chi connectivity index (χ1n) is 6.04. The summed E-state index contributed by atoms with van der Waals surface area (Å²) in [5.41, 5.74) is 0.990. The molecule has 0 amide bonds. The smallest absolute Gasteiger partial charge is 0.181 e. The minimum atomic E-state index is 0.615. The normalized spacial score (nSPS) is 19.2. The van der Waals surface area contributed by atoms with E-state index in [-0.39, 0.29) is 0 Å². The molecular weight excluding hydrogens is 246 g/mol. The van der Waals surface area contributed by atoms with Crippen molar-refractivity contribution in [2.24, 2.45) is 0 Å². The van der Waals surface area contributed by atoms with Crippen molar-refractivity contribution in [3.63, 3.8) is 0 Å². The zero-order valence-electron chi connectivity index (χ0n) is 9.97. The van der Waals surface area contributed by atoms with Crippen molar-refractivity contribution in [3.05, 3.63) is 30.4 Å². The zero-order valence-corrected chi connectivity index (χ0v) is 10.8. The third kappa shape index (κ3) is 2.70. The van der Waals surface area contributed by atoms with Gasteiger partial charge < -0.3 is 5.32 Å². The molecule has 6 heteroatoms. The second-order valence-electron chi connectivity index (χ2n) is 4.28. The topological polar surface area (TPSA) is 66.5 Å². The van der Waals surface area contributed by atoms with Crippen molar-refractivity contribution >= 4 is 11.8 Å². The van der Waals surface area contributed by atoms with Crippen LogP contribution in [-0.4, -0.2) is 37.7 Å². The molecule has 1 aliphatic heterocycles. The summed E-state index contributed by atoms with van der Waals surface area (Å²) in [6.07, 6.45) is 4.74. The summed E-state index contributed by atoms with van der Waals surface area (Å²) in [5, 5.41) is 10.7. The molecule has 0 bridgehead atoms. The molecule has 1 aliphatic rings. The molecule has 2 N–H and O–H groups in total. The van der Waals surface area contributed by atoms with Gasteiger partial charge >= 0.3 is 0 Å². The number of nitrogens with zero attached hydrogens (tertiary/aromatic N) is 3. The van der Waals surface area contributed by atoms with Gasteiger partial charge in [-0.05, 0) is 24.3 Å². The van der Waals surface area contributed by atoms with Gasteiger partial charge in [0, 0.05) is 29.8 Å². The lowest BCUT2D eigenvalue weighted by molar-refractivity contribution is 0.545. The third-order valence-corrected chi connectivity index (χ3v) is 4.12. The number of rotatable bonds is 4. The van der Waals surface area contributed by atoms with Crippen molar-refractivity contribution in [2.45, 2.75) is 19.0 Å². The van der Waals surface area contributed by atoms with Crippen molar-refractivity contribution in [1.29, 1.82) is 0 Å². The predicted molar refractivity (Wildman–Crippen MR) is 72.2 cm³/mol. The number of thioether (sulfide) groups is 1. The van der Waals surface area contributed by atoms with Crippen LogP contribution in [-0.2, 0) is 6.54 Å². The number of H-pyrrole nitrogens is 1. The molecule has 3 rings (SSSR count). The van der Waals surface area contributed by atoms with Gasteiger partial charge in [0.05, 0.1) is 6.54 Å². The van der Waals surface area contributed by atoms with E-state index in [0.29, 0.717) is 6.04 Å². The van der Waals surface area contributed by atoms with Crippen LogP contribution < -0.4 is 5.32 Å². The predicted octanol–water partition coefficient (Wildman–Crippen LogP) is 1.46. The van der Waals surface area contributed by atoms with Crippen LogP contribution in [0.4, 0.5) is 0 Å². The Hall–Kier alpha value is -1.40. The minimum Gasteiger partial charge on any atom is -0.306 e. The lowest BCUT2D eigenvalue weighted by atomic mass is 10.2. The van der Waals surface area contributed by atoms with Crippen LogP contribution in [0.25, 0.3) is 11.4 Å². The first kappa shape index (κ1) is 11.7. The molecule has 3 heterocycles. The lowest BCUT2D eigenvalue weighted by Crippen LogP contribution is -2.28. The summed E-state index contributed by atoms with van der Waals surface area (Å²) in [5.74, 6) is 4.08. The van der Waals surface area contributed by atoms with Crippen molar-refractivity contribution < 1.29 is 0 Å². The Morgan fingerprint density at radius 1 is 1.39 bits per heavy atom. The molecule has 0 spiro atoms. The first-order valence-corrected chi connectivity index (χ1v) is 7.20. The van der Waals surface area contributed by atoms with Crippen LogP contribution in [0.1, 0.15) is 12.2 Å². The highest BCUT2D eigenvalue weighted by Crippen LogP contribution is 2.17. The molecule has 1 saturated heterocycles. The molecule has 2 aromatic rings. The summed E-state index contributed by atoms with van der Waals surface area (Å²) < 4.78 is 0. The van der Waals surface area contributed by atoms with E-state index in [4.69, 9.17) is 0 Å². The number of hydrogen-bond acceptors (Lipinski definition) is 5. The number of pyridine rings is 1. The maximum atomic E-state index is 4.48. The Morgan fingerprint density at radius 2 is 2.28 bits per heavy atom. The Morgan fingerprint density at radius 3 is 3.06 bits per heavy atom. The third-order valence-electron chi connectivity index (χ3n) is 2.96. The van der Waals surface area contributed by atoms with E-state index >= 15 is 0 Å². The van der Waals surface area contributed by atoms with E-state index in [1.54, 1.807) is 12.4 Å². The molecule has 1 fully saturated rings. The second-order valence-corrected chi connectivity index (χ2v) is 5.43. The average Bonchev–Trinajstić information content (AvgIpc) is 3.09. The quantitative estimate of drug-likeness (QED) is 0.872. The summed E-state index contributed by atoms with van der Waals surface area (Å²) in [6, 6.07) is 4.44. The maximum Gasteiger partial charge on any atom is 0.181 e. The minimum absolute atomic E-state index is 0.615. The molecule has 0 aromatic carbocycles. The van der Waals surface area contributed by atoms with Crippen LogP contribution in [0.2, 0.25) is 0 Å². The number of hydrogen-bond donors (Lipinski definition) is 2. The van der Waals surface area contributed by atoms with Crippen LogP contribution in [0.3, 0.4) is 0 Å².